The maximum absolute atomic E-state index is 12.4. The van der Waals surface area contributed by atoms with E-state index in [4.69, 9.17) is 9.47 Å². The summed E-state index contributed by atoms with van der Waals surface area (Å²) in [7, 11) is -4.11. The summed E-state index contributed by atoms with van der Waals surface area (Å²) < 4.78 is 35.5. The van der Waals surface area contributed by atoms with E-state index in [1.165, 1.54) is 24.3 Å². The van der Waals surface area contributed by atoms with Gasteiger partial charge in [0.15, 0.2) is 0 Å². The molecule has 2 aromatic carbocycles. The summed E-state index contributed by atoms with van der Waals surface area (Å²) >= 11 is 0. The Hall–Kier alpha value is -2.46. The molecule has 8 nitrogen and oxygen atoms in total. The molecule has 0 aromatic heterocycles. The molecule has 3 rings (SSSR count). The lowest BCUT2D eigenvalue weighted by atomic mass is 10.00. The highest BCUT2D eigenvalue weighted by Crippen LogP contribution is 2.23. The van der Waals surface area contributed by atoms with Crippen LogP contribution in [0.4, 0.5) is 0 Å². The highest BCUT2D eigenvalue weighted by atomic mass is 32.2. The van der Waals surface area contributed by atoms with Crippen LogP contribution in [-0.2, 0) is 19.6 Å². The molecule has 1 aliphatic heterocycles. The summed E-state index contributed by atoms with van der Waals surface area (Å²) in [5.74, 6) is -0.104. The van der Waals surface area contributed by atoms with Crippen LogP contribution in [0.25, 0.3) is 0 Å². The molecule has 0 aliphatic carbocycles. The molecule has 1 saturated heterocycles. The Labute approximate surface area is 157 Å². The zero-order valence-corrected chi connectivity index (χ0v) is 15.3. The highest BCUT2D eigenvalue weighted by molar-refractivity contribution is 7.89. The minimum absolute atomic E-state index is 0.0414. The number of hydrogen-bond donors (Lipinski definition) is 2. The Morgan fingerprint density at radius 1 is 1.04 bits per heavy atom. The largest absolute Gasteiger partial charge is 0.457 e. The van der Waals surface area contributed by atoms with E-state index in [0.29, 0.717) is 37.6 Å². The summed E-state index contributed by atoms with van der Waals surface area (Å²) in [4.78, 5) is 13.9. The molecule has 144 valence electrons. The number of amides is 1. The van der Waals surface area contributed by atoms with Gasteiger partial charge in [0.1, 0.15) is 11.5 Å². The molecule has 1 fully saturated rings. The lowest BCUT2D eigenvalue weighted by Gasteiger charge is -2.24. The van der Waals surface area contributed by atoms with Crippen LogP contribution in [0.5, 0.6) is 11.5 Å². The molecular formula is C18H20N2O6S. The number of carbonyl (C=O) groups is 1. The van der Waals surface area contributed by atoms with Crippen molar-refractivity contribution < 1.29 is 27.9 Å². The zero-order valence-electron chi connectivity index (χ0n) is 14.4. The number of rotatable bonds is 6. The minimum atomic E-state index is -4.11. The van der Waals surface area contributed by atoms with Crippen molar-refractivity contribution in [1.29, 1.82) is 0 Å². The first-order chi connectivity index (χ1) is 13.0. The molecule has 2 N–H and O–H groups in total. The zero-order chi connectivity index (χ0) is 19.3. The quantitative estimate of drug-likeness (QED) is 0.577. The van der Waals surface area contributed by atoms with Gasteiger partial charge in [0, 0.05) is 19.1 Å². The second-order valence-corrected chi connectivity index (χ2v) is 7.68. The molecule has 0 spiro atoms. The lowest BCUT2D eigenvalue weighted by molar-refractivity contribution is -0.179. The Kier molecular flexibility index (Phi) is 6.07. The third-order valence-corrected chi connectivity index (χ3v) is 5.40. The molecule has 27 heavy (non-hydrogen) atoms. The summed E-state index contributed by atoms with van der Waals surface area (Å²) in [6.45, 7) is 0.805. The van der Waals surface area contributed by atoms with Gasteiger partial charge < -0.3 is 9.47 Å². The second-order valence-electron chi connectivity index (χ2n) is 6.02. The molecule has 9 heteroatoms. The van der Waals surface area contributed by atoms with Crippen LogP contribution in [-0.4, -0.2) is 37.9 Å². The number of hydroxylamine groups is 1. The second kappa shape index (κ2) is 8.49. The van der Waals surface area contributed by atoms with Crippen molar-refractivity contribution >= 4 is 15.9 Å². The van der Waals surface area contributed by atoms with E-state index in [9.17, 15) is 18.4 Å². The predicted molar refractivity (Wildman–Crippen MR) is 95.5 cm³/mol. The number of hydrogen-bond acceptors (Lipinski definition) is 6. The lowest BCUT2D eigenvalue weighted by Crippen LogP contribution is -2.47. The fraction of sp³-hybridized carbons (Fsp3) is 0.278. The molecule has 0 saturated carbocycles. The summed E-state index contributed by atoms with van der Waals surface area (Å²) in [5.41, 5.74) is 0. The summed E-state index contributed by atoms with van der Waals surface area (Å²) in [6, 6.07) is 14.7. The van der Waals surface area contributed by atoms with Gasteiger partial charge >= 0.3 is 0 Å². The van der Waals surface area contributed by atoms with Crippen LogP contribution < -0.4 is 9.57 Å². The predicted octanol–water partition coefficient (Wildman–Crippen LogP) is 2.32. The van der Waals surface area contributed by atoms with Crippen molar-refractivity contribution in [2.45, 2.75) is 17.7 Å². The smallest absolute Gasteiger partial charge is 0.265 e. The summed E-state index contributed by atoms with van der Waals surface area (Å²) in [5, 5.41) is 9.89. The first kappa shape index (κ1) is 19.3. The Balaban J connectivity index is 1.64. The highest BCUT2D eigenvalue weighted by Gasteiger charge is 2.29. The van der Waals surface area contributed by atoms with Crippen LogP contribution in [0.3, 0.4) is 0 Å². The van der Waals surface area contributed by atoms with Gasteiger partial charge in [-0.05, 0) is 49.2 Å². The van der Waals surface area contributed by atoms with Gasteiger partial charge in [0.25, 0.3) is 15.9 Å². The number of para-hydroxylation sites is 1. The standard InChI is InChI=1S/C18H20N2O6S/c21-18(14-10-12-25-13-11-14)20(22)19-27(23,24)17-8-6-16(7-9-17)26-15-4-2-1-3-5-15/h1-9,14,19,22H,10-13H2. The monoisotopic (exact) mass is 392 g/mol. The summed E-state index contributed by atoms with van der Waals surface area (Å²) in [6.07, 6.45) is 0.867. The third kappa shape index (κ3) is 5.04. The van der Waals surface area contributed by atoms with Gasteiger partial charge in [0.2, 0.25) is 0 Å². The van der Waals surface area contributed by atoms with E-state index < -0.39 is 21.8 Å². The number of carbonyl (C=O) groups excluding carboxylic acids is 1. The van der Waals surface area contributed by atoms with Crippen molar-refractivity contribution in [2.75, 3.05) is 13.2 Å². The number of hydrazine groups is 1. The molecule has 0 atom stereocenters. The number of sulfonamides is 1. The molecule has 1 heterocycles. The number of ether oxygens (including phenoxy) is 2. The Morgan fingerprint density at radius 2 is 1.63 bits per heavy atom. The molecule has 2 aromatic rings. The fourth-order valence-electron chi connectivity index (χ4n) is 2.64. The number of nitrogens with one attached hydrogen (secondary N) is 1. The van der Waals surface area contributed by atoms with Gasteiger partial charge in [-0.1, -0.05) is 23.0 Å². The first-order valence-corrected chi connectivity index (χ1v) is 9.90. The SMILES string of the molecule is O=C(C1CCOCC1)N(O)NS(=O)(=O)c1ccc(Oc2ccccc2)cc1. The van der Waals surface area contributed by atoms with E-state index in [1.54, 1.807) is 12.1 Å². The minimum Gasteiger partial charge on any atom is -0.457 e. The van der Waals surface area contributed by atoms with Gasteiger partial charge in [-0.25, -0.2) is 8.42 Å². The first-order valence-electron chi connectivity index (χ1n) is 8.42. The molecule has 0 radical (unpaired) electrons. The van der Waals surface area contributed by atoms with E-state index in [0.717, 1.165) is 0 Å². The molecule has 0 unspecified atom stereocenters. The van der Waals surface area contributed by atoms with Gasteiger partial charge in [-0.15, -0.1) is 5.17 Å². The van der Waals surface area contributed by atoms with E-state index in [-0.39, 0.29) is 10.1 Å². The normalized spacial score (nSPS) is 15.3. The molecule has 1 amide bonds. The number of benzene rings is 2. The maximum Gasteiger partial charge on any atom is 0.265 e. The molecule has 1 aliphatic rings. The van der Waals surface area contributed by atoms with Crippen LogP contribution in [0.2, 0.25) is 0 Å². The molecule has 0 bridgehead atoms. The van der Waals surface area contributed by atoms with E-state index >= 15 is 0 Å². The van der Waals surface area contributed by atoms with Crippen molar-refractivity contribution in [3.8, 4) is 11.5 Å². The van der Waals surface area contributed by atoms with Crippen molar-refractivity contribution in [3.05, 3.63) is 54.6 Å². The van der Waals surface area contributed by atoms with Crippen molar-refractivity contribution in [3.63, 3.8) is 0 Å². The van der Waals surface area contributed by atoms with E-state index in [2.05, 4.69) is 0 Å². The number of nitrogens with zero attached hydrogens (tertiary/aromatic N) is 1. The van der Waals surface area contributed by atoms with Gasteiger partial charge in [-0.3, -0.25) is 10.0 Å². The van der Waals surface area contributed by atoms with Crippen LogP contribution in [0.1, 0.15) is 12.8 Å². The van der Waals surface area contributed by atoms with Crippen molar-refractivity contribution in [1.82, 2.24) is 10.0 Å². The molecular weight excluding hydrogens is 372 g/mol. The van der Waals surface area contributed by atoms with Crippen LogP contribution in [0, 0.1) is 5.92 Å². The van der Waals surface area contributed by atoms with Gasteiger partial charge in [-0.2, -0.15) is 0 Å². The van der Waals surface area contributed by atoms with E-state index in [1.807, 2.05) is 23.0 Å². The maximum atomic E-state index is 12.4. The third-order valence-electron chi connectivity index (χ3n) is 4.10. The van der Waals surface area contributed by atoms with Crippen LogP contribution >= 0.6 is 0 Å². The van der Waals surface area contributed by atoms with Gasteiger partial charge in [0.05, 0.1) is 4.90 Å². The Morgan fingerprint density at radius 3 is 2.26 bits per heavy atom. The van der Waals surface area contributed by atoms with Crippen LogP contribution in [0.15, 0.2) is 59.5 Å². The fourth-order valence-corrected chi connectivity index (χ4v) is 3.56. The topological polar surface area (TPSA) is 105 Å². The van der Waals surface area contributed by atoms with Crippen molar-refractivity contribution in [2.24, 2.45) is 5.92 Å². The average Bonchev–Trinajstić information content (AvgIpc) is 2.69. The Bertz CT molecular complexity index is 864. The average molecular weight is 392 g/mol.